The number of likely N-dealkylation sites (N-methyl/N-ethyl adjacent to an activating group) is 1. The largest absolute Gasteiger partial charge is 0.345 e. The Morgan fingerprint density at radius 3 is 2.81 bits per heavy atom. The summed E-state index contributed by atoms with van der Waals surface area (Å²) in [7, 11) is 2.13. The Morgan fingerprint density at radius 1 is 1.31 bits per heavy atom. The molecule has 1 aromatic rings. The van der Waals surface area contributed by atoms with E-state index in [2.05, 4.69) is 51.9 Å². The Labute approximate surface area is 160 Å². The fourth-order valence-electron chi connectivity index (χ4n) is 3.09. The van der Waals surface area contributed by atoms with Crippen molar-refractivity contribution in [2.45, 2.75) is 19.8 Å². The highest BCUT2D eigenvalue weighted by Crippen LogP contribution is 2.21. The molecule has 2 aliphatic rings. The fourth-order valence-corrected chi connectivity index (χ4v) is 3.32. The van der Waals surface area contributed by atoms with Gasteiger partial charge in [-0.15, -0.1) is 0 Å². The minimum Gasteiger partial charge on any atom is -0.345 e. The lowest BCUT2D eigenvalue weighted by atomic mass is 9.89. The minimum absolute atomic E-state index is 0.647. The molecule has 1 N–H and O–H groups in total. The van der Waals surface area contributed by atoms with Gasteiger partial charge in [-0.3, -0.25) is 15.4 Å². The normalized spacial score (nSPS) is 21.2. The van der Waals surface area contributed by atoms with Crippen LogP contribution in [0, 0.1) is 0 Å². The van der Waals surface area contributed by atoms with Crippen molar-refractivity contribution in [3.63, 3.8) is 0 Å². The summed E-state index contributed by atoms with van der Waals surface area (Å²) in [6.45, 7) is 10.9. The first-order chi connectivity index (χ1) is 12.6. The van der Waals surface area contributed by atoms with E-state index < -0.39 is 0 Å². The minimum atomic E-state index is 0.647. The first kappa shape index (κ1) is 18.7. The average molecular weight is 371 g/mol. The standard InChI is InChI=1S/C19H26N6S/c1-4-7-20-16-14(2)13-15-6-5-8-21-17(15)18(16)22-23-19(26)25-11-9-24(3)10-12-25/h5-6,8H,2,4,7,9-13H2,1,3H3,(H,23,26)/b20-16?,22-18-. The Kier molecular flexibility index (Phi) is 6.11. The van der Waals surface area contributed by atoms with Crippen LogP contribution in [0.5, 0.6) is 0 Å². The van der Waals surface area contributed by atoms with E-state index in [0.717, 1.165) is 73.8 Å². The second-order valence-electron chi connectivity index (χ2n) is 6.69. The van der Waals surface area contributed by atoms with Gasteiger partial charge in [0.1, 0.15) is 5.71 Å². The topological polar surface area (TPSA) is 56.1 Å². The summed E-state index contributed by atoms with van der Waals surface area (Å²) in [5.74, 6) is 0. The summed E-state index contributed by atoms with van der Waals surface area (Å²) in [5, 5.41) is 5.27. The van der Waals surface area contributed by atoms with Crippen LogP contribution in [0.15, 0.2) is 40.6 Å². The molecule has 0 radical (unpaired) electrons. The quantitative estimate of drug-likeness (QED) is 0.650. The van der Waals surface area contributed by atoms with E-state index in [4.69, 9.17) is 17.2 Å². The van der Waals surface area contributed by atoms with E-state index in [1.807, 2.05) is 6.07 Å². The predicted octanol–water partition coefficient (Wildman–Crippen LogP) is 1.87. The zero-order valence-electron chi connectivity index (χ0n) is 15.5. The number of thiocarbonyl (C=S) groups is 1. The lowest BCUT2D eigenvalue weighted by Crippen LogP contribution is -2.49. The average Bonchev–Trinajstić information content (AvgIpc) is 2.65. The third-order valence-electron chi connectivity index (χ3n) is 4.63. The predicted molar refractivity (Wildman–Crippen MR) is 111 cm³/mol. The summed E-state index contributed by atoms with van der Waals surface area (Å²) < 4.78 is 0. The summed E-state index contributed by atoms with van der Waals surface area (Å²) in [5.41, 5.74) is 7.61. The van der Waals surface area contributed by atoms with Crippen molar-refractivity contribution in [2.24, 2.45) is 10.1 Å². The molecule has 2 heterocycles. The molecule has 0 aromatic carbocycles. The molecule has 26 heavy (non-hydrogen) atoms. The third kappa shape index (κ3) is 4.16. The van der Waals surface area contributed by atoms with Gasteiger partial charge in [0.05, 0.1) is 11.4 Å². The summed E-state index contributed by atoms with van der Waals surface area (Å²) in [4.78, 5) is 13.7. The molecule has 0 spiro atoms. The van der Waals surface area contributed by atoms with Gasteiger partial charge in [0, 0.05) is 45.3 Å². The van der Waals surface area contributed by atoms with Crippen molar-refractivity contribution < 1.29 is 0 Å². The van der Waals surface area contributed by atoms with Crippen molar-refractivity contribution in [1.82, 2.24) is 20.2 Å². The van der Waals surface area contributed by atoms with Crippen LogP contribution in [0.25, 0.3) is 0 Å². The molecule has 1 aromatic heterocycles. The van der Waals surface area contributed by atoms with Crippen molar-refractivity contribution in [2.75, 3.05) is 39.8 Å². The van der Waals surface area contributed by atoms with Crippen molar-refractivity contribution in [3.05, 3.63) is 41.7 Å². The zero-order chi connectivity index (χ0) is 18.5. The highest BCUT2D eigenvalue weighted by molar-refractivity contribution is 7.80. The van der Waals surface area contributed by atoms with Gasteiger partial charge in [0.25, 0.3) is 0 Å². The molecule has 0 bridgehead atoms. The molecule has 0 saturated carbocycles. The number of nitrogens with zero attached hydrogens (tertiary/aromatic N) is 5. The number of nitrogens with one attached hydrogen (secondary N) is 1. The molecule has 7 heteroatoms. The number of hydrazone groups is 1. The van der Waals surface area contributed by atoms with Crippen LogP contribution < -0.4 is 5.43 Å². The number of fused-ring (bicyclic) bond motifs is 1. The number of aliphatic imine (C=N–C) groups is 1. The number of piperazine rings is 1. The molecule has 6 nitrogen and oxygen atoms in total. The molecule has 138 valence electrons. The first-order valence-electron chi connectivity index (χ1n) is 9.08. The molecule has 1 fully saturated rings. The van der Waals surface area contributed by atoms with Gasteiger partial charge in [-0.05, 0) is 42.9 Å². The van der Waals surface area contributed by atoms with Gasteiger partial charge in [0.2, 0.25) is 0 Å². The molecular weight excluding hydrogens is 344 g/mol. The van der Waals surface area contributed by atoms with Crippen LogP contribution in [0.4, 0.5) is 0 Å². The summed E-state index contributed by atoms with van der Waals surface area (Å²) in [6, 6.07) is 4.01. The smallest absolute Gasteiger partial charge is 0.189 e. The van der Waals surface area contributed by atoms with E-state index >= 15 is 0 Å². The van der Waals surface area contributed by atoms with Crippen LogP contribution in [0.2, 0.25) is 0 Å². The molecule has 3 rings (SSSR count). The number of aromatic nitrogens is 1. The van der Waals surface area contributed by atoms with Gasteiger partial charge in [-0.25, -0.2) is 0 Å². The Bertz CT molecular complexity index is 746. The van der Waals surface area contributed by atoms with E-state index in [1.165, 1.54) is 0 Å². The second-order valence-corrected chi connectivity index (χ2v) is 7.08. The number of pyridine rings is 1. The molecule has 1 aliphatic carbocycles. The maximum absolute atomic E-state index is 5.54. The van der Waals surface area contributed by atoms with Crippen LogP contribution >= 0.6 is 12.2 Å². The van der Waals surface area contributed by atoms with Gasteiger partial charge in [-0.2, -0.15) is 5.10 Å². The Balaban J connectivity index is 1.84. The lowest BCUT2D eigenvalue weighted by Gasteiger charge is -2.33. The van der Waals surface area contributed by atoms with Crippen LogP contribution in [0.3, 0.4) is 0 Å². The second kappa shape index (κ2) is 8.51. The molecule has 1 aliphatic heterocycles. The van der Waals surface area contributed by atoms with E-state index in [1.54, 1.807) is 6.20 Å². The molecule has 0 unspecified atom stereocenters. The Hall–Kier alpha value is -2.12. The monoisotopic (exact) mass is 370 g/mol. The van der Waals surface area contributed by atoms with Crippen molar-refractivity contribution in [3.8, 4) is 0 Å². The third-order valence-corrected chi connectivity index (χ3v) is 4.98. The fraction of sp³-hybridized carbons (Fsp3) is 0.474. The number of rotatable bonds is 3. The van der Waals surface area contributed by atoms with Gasteiger partial charge in [0.15, 0.2) is 5.11 Å². The lowest BCUT2D eigenvalue weighted by molar-refractivity contribution is 0.214. The molecular formula is C19H26N6S. The van der Waals surface area contributed by atoms with Gasteiger partial charge < -0.3 is 9.80 Å². The molecule has 1 saturated heterocycles. The van der Waals surface area contributed by atoms with Crippen LogP contribution in [-0.4, -0.2) is 71.1 Å². The maximum Gasteiger partial charge on any atom is 0.189 e. The number of allylic oxidation sites excluding steroid dienone is 1. The van der Waals surface area contributed by atoms with E-state index in [-0.39, 0.29) is 0 Å². The van der Waals surface area contributed by atoms with E-state index in [0.29, 0.717) is 5.11 Å². The SMILES string of the molecule is C=C1Cc2cccnc2/C(=N\NC(=S)N2CCN(C)CC2)C1=NCCC. The summed E-state index contributed by atoms with van der Waals surface area (Å²) in [6.07, 6.45) is 3.53. The van der Waals surface area contributed by atoms with Crippen molar-refractivity contribution >= 4 is 28.8 Å². The Morgan fingerprint density at radius 2 is 2.08 bits per heavy atom. The zero-order valence-corrected chi connectivity index (χ0v) is 16.3. The summed E-state index contributed by atoms with van der Waals surface area (Å²) >= 11 is 5.54. The van der Waals surface area contributed by atoms with Crippen LogP contribution in [0.1, 0.15) is 24.6 Å². The highest BCUT2D eigenvalue weighted by Gasteiger charge is 2.26. The number of hydrogen-bond donors (Lipinski definition) is 1. The first-order valence-corrected chi connectivity index (χ1v) is 9.49. The van der Waals surface area contributed by atoms with Gasteiger partial charge >= 0.3 is 0 Å². The molecule has 0 amide bonds. The number of hydrogen-bond acceptors (Lipinski definition) is 5. The van der Waals surface area contributed by atoms with E-state index in [9.17, 15) is 0 Å². The molecule has 0 atom stereocenters. The van der Waals surface area contributed by atoms with Crippen LogP contribution in [-0.2, 0) is 6.42 Å². The maximum atomic E-state index is 5.54. The highest BCUT2D eigenvalue weighted by atomic mass is 32.1. The van der Waals surface area contributed by atoms with Crippen molar-refractivity contribution in [1.29, 1.82) is 0 Å². The van der Waals surface area contributed by atoms with Gasteiger partial charge in [-0.1, -0.05) is 19.6 Å².